The lowest BCUT2D eigenvalue weighted by Gasteiger charge is -2.35. The molecular weight excluding hydrogens is 440 g/mol. The van der Waals surface area contributed by atoms with Crippen LogP contribution in [0.5, 0.6) is 17.4 Å². The molecular formula is C19H21BrN6O3. The smallest absolute Gasteiger partial charge is 0.232 e. The van der Waals surface area contributed by atoms with Gasteiger partial charge in [-0.2, -0.15) is 4.98 Å². The zero-order chi connectivity index (χ0) is 20.4. The van der Waals surface area contributed by atoms with E-state index in [-0.39, 0.29) is 0 Å². The fourth-order valence-corrected chi connectivity index (χ4v) is 3.73. The van der Waals surface area contributed by atoms with Crippen LogP contribution in [-0.4, -0.2) is 67.4 Å². The molecule has 0 saturated carbocycles. The Morgan fingerprint density at radius 2 is 1.55 bits per heavy atom. The van der Waals surface area contributed by atoms with Crippen LogP contribution in [-0.2, 0) is 0 Å². The van der Waals surface area contributed by atoms with Gasteiger partial charge in [-0.1, -0.05) is 0 Å². The second kappa shape index (κ2) is 8.24. The van der Waals surface area contributed by atoms with Crippen molar-refractivity contribution in [1.29, 1.82) is 0 Å². The SMILES string of the molecule is COc1cc2ncnc(N3CCN(c4ncc(Br)c(OC)n4)CC3)c2cc1OC. The number of aromatic nitrogens is 4. The van der Waals surface area contributed by atoms with Gasteiger partial charge < -0.3 is 24.0 Å². The molecule has 0 amide bonds. The third-order valence-electron chi connectivity index (χ3n) is 4.87. The van der Waals surface area contributed by atoms with Gasteiger partial charge in [0.05, 0.1) is 37.5 Å². The molecule has 3 aromatic rings. The Labute approximate surface area is 176 Å². The highest BCUT2D eigenvalue weighted by Gasteiger charge is 2.23. The van der Waals surface area contributed by atoms with E-state index in [1.165, 1.54) is 0 Å². The second-order valence-corrected chi connectivity index (χ2v) is 7.28. The number of piperazine rings is 1. The Hall–Kier alpha value is -2.88. The summed E-state index contributed by atoms with van der Waals surface area (Å²) in [5.41, 5.74) is 0.816. The van der Waals surface area contributed by atoms with Crippen molar-refractivity contribution in [1.82, 2.24) is 19.9 Å². The molecule has 1 aliphatic heterocycles. The second-order valence-electron chi connectivity index (χ2n) is 6.42. The van der Waals surface area contributed by atoms with Crippen molar-refractivity contribution < 1.29 is 14.2 Å². The predicted molar refractivity (Wildman–Crippen MR) is 113 cm³/mol. The number of fused-ring (bicyclic) bond motifs is 1. The molecule has 9 nitrogen and oxygen atoms in total. The molecule has 0 atom stereocenters. The van der Waals surface area contributed by atoms with Crippen molar-refractivity contribution >= 4 is 38.6 Å². The number of benzene rings is 1. The zero-order valence-electron chi connectivity index (χ0n) is 16.4. The first-order chi connectivity index (χ1) is 14.1. The summed E-state index contributed by atoms with van der Waals surface area (Å²) in [6.07, 6.45) is 3.30. The maximum atomic E-state index is 5.45. The number of anilines is 2. The van der Waals surface area contributed by atoms with E-state index in [9.17, 15) is 0 Å². The average Bonchev–Trinajstić information content (AvgIpc) is 2.78. The third kappa shape index (κ3) is 3.71. The molecule has 3 heterocycles. The molecule has 0 radical (unpaired) electrons. The highest BCUT2D eigenvalue weighted by Crippen LogP contribution is 2.35. The number of methoxy groups -OCH3 is 3. The van der Waals surface area contributed by atoms with E-state index < -0.39 is 0 Å². The van der Waals surface area contributed by atoms with Crippen LogP contribution in [0.2, 0.25) is 0 Å². The molecule has 152 valence electrons. The molecule has 0 bridgehead atoms. The quantitative estimate of drug-likeness (QED) is 0.569. The summed E-state index contributed by atoms with van der Waals surface area (Å²) >= 11 is 3.39. The van der Waals surface area contributed by atoms with Gasteiger partial charge in [0, 0.05) is 37.6 Å². The van der Waals surface area contributed by atoms with Crippen LogP contribution >= 0.6 is 15.9 Å². The van der Waals surface area contributed by atoms with Crippen LogP contribution in [0.1, 0.15) is 0 Å². The molecule has 0 spiro atoms. The molecule has 10 heteroatoms. The fraction of sp³-hybridized carbons (Fsp3) is 0.368. The summed E-state index contributed by atoms with van der Waals surface area (Å²) in [5.74, 6) is 3.37. The fourth-order valence-electron chi connectivity index (χ4n) is 3.38. The first-order valence-corrected chi connectivity index (χ1v) is 9.87. The zero-order valence-corrected chi connectivity index (χ0v) is 18.0. The Balaban J connectivity index is 1.58. The molecule has 0 aliphatic carbocycles. The van der Waals surface area contributed by atoms with Gasteiger partial charge in [-0.3, -0.25) is 0 Å². The molecule has 1 saturated heterocycles. The summed E-state index contributed by atoms with van der Waals surface area (Å²) in [4.78, 5) is 22.2. The molecule has 4 rings (SSSR count). The molecule has 0 N–H and O–H groups in total. The number of ether oxygens (including phenoxy) is 3. The standard InChI is InChI=1S/C19H21BrN6O3/c1-27-15-8-12-14(9-16(15)28-2)22-11-23-17(12)25-4-6-26(7-5-25)19-21-10-13(20)18(24-19)29-3/h8-11H,4-7H2,1-3H3. The molecule has 0 unspecified atom stereocenters. The molecule has 1 aliphatic rings. The van der Waals surface area contributed by atoms with Crippen molar-refractivity contribution in [3.05, 3.63) is 29.1 Å². The monoisotopic (exact) mass is 460 g/mol. The van der Waals surface area contributed by atoms with Crippen LogP contribution in [0.15, 0.2) is 29.1 Å². The van der Waals surface area contributed by atoms with Gasteiger partial charge in [-0.25, -0.2) is 15.0 Å². The van der Waals surface area contributed by atoms with Crippen molar-refractivity contribution in [2.75, 3.05) is 57.3 Å². The first kappa shape index (κ1) is 19.4. The number of halogens is 1. The van der Waals surface area contributed by atoms with Gasteiger partial charge in [0.2, 0.25) is 11.8 Å². The average molecular weight is 461 g/mol. The normalized spacial score (nSPS) is 14.2. The lowest BCUT2D eigenvalue weighted by atomic mass is 10.2. The van der Waals surface area contributed by atoms with Crippen molar-refractivity contribution in [3.8, 4) is 17.4 Å². The highest BCUT2D eigenvalue weighted by molar-refractivity contribution is 9.10. The molecule has 1 aromatic carbocycles. The van der Waals surface area contributed by atoms with Crippen molar-refractivity contribution in [2.24, 2.45) is 0 Å². The van der Waals surface area contributed by atoms with Crippen LogP contribution in [0.4, 0.5) is 11.8 Å². The largest absolute Gasteiger partial charge is 0.493 e. The maximum absolute atomic E-state index is 5.45. The summed E-state index contributed by atoms with van der Waals surface area (Å²) in [6, 6.07) is 3.80. The van der Waals surface area contributed by atoms with Gasteiger partial charge in [0.1, 0.15) is 12.1 Å². The molecule has 1 fully saturated rings. The van der Waals surface area contributed by atoms with Gasteiger partial charge in [-0.05, 0) is 22.0 Å². The molecule has 2 aromatic heterocycles. The summed E-state index contributed by atoms with van der Waals surface area (Å²) in [6.45, 7) is 3.09. The number of rotatable bonds is 5. The molecule has 29 heavy (non-hydrogen) atoms. The number of nitrogens with zero attached hydrogens (tertiary/aromatic N) is 6. The maximum Gasteiger partial charge on any atom is 0.232 e. The van der Waals surface area contributed by atoms with E-state index in [0.29, 0.717) is 23.3 Å². The van der Waals surface area contributed by atoms with Crippen molar-refractivity contribution in [3.63, 3.8) is 0 Å². The van der Waals surface area contributed by atoms with Gasteiger partial charge in [0.15, 0.2) is 11.5 Å². The van der Waals surface area contributed by atoms with E-state index in [2.05, 4.69) is 45.7 Å². The Morgan fingerprint density at radius 3 is 2.24 bits per heavy atom. The highest BCUT2D eigenvalue weighted by atomic mass is 79.9. The topological polar surface area (TPSA) is 85.7 Å². The van der Waals surface area contributed by atoms with Gasteiger partial charge in [-0.15, -0.1) is 0 Å². The van der Waals surface area contributed by atoms with Crippen LogP contribution < -0.4 is 24.0 Å². The van der Waals surface area contributed by atoms with E-state index in [4.69, 9.17) is 14.2 Å². The lowest BCUT2D eigenvalue weighted by molar-refractivity contribution is 0.356. The van der Waals surface area contributed by atoms with E-state index in [0.717, 1.165) is 47.4 Å². The van der Waals surface area contributed by atoms with Crippen LogP contribution in [0.3, 0.4) is 0 Å². The summed E-state index contributed by atoms with van der Waals surface area (Å²) in [7, 11) is 4.83. The minimum absolute atomic E-state index is 0.528. The third-order valence-corrected chi connectivity index (χ3v) is 5.42. The Morgan fingerprint density at radius 1 is 0.862 bits per heavy atom. The van der Waals surface area contributed by atoms with Gasteiger partial charge >= 0.3 is 0 Å². The first-order valence-electron chi connectivity index (χ1n) is 9.07. The predicted octanol–water partition coefficient (Wildman–Crippen LogP) is 2.53. The minimum Gasteiger partial charge on any atom is -0.493 e. The summed E-state index contributed by atoms with van der Waals surface area (Å²) < 4.78 is 16.9. The number of hydrogen-bond acceptors (Lipinski definition) is 9. The number of hydrogen-bond donors (Lipinski definition) is 0. The van der Waals surface area contributed by atoms with E-state index >= 15 is 0 Å². The van der Waals surface area contributed by atoms with Crippen LogP contribution in [0, 0.1) is 0 Å². The van der Waals surface area contributed by atoms with E-state index in [1.807, 2.05) is 12.1 Å². The van der Waals surface area contributed by atoms with E-state index in [1.54, 1.807) is 33.9 Å². The van der Waals surface area contributed by atoms with Gasteiger partial charge in [0.25, 0.3) is 0 Å². The minimum atomic E-state index is 0.528. The lowest BCUT2D eigenvalue weighted by Crippen LogP contribution is -2.47. The summed E-state index contributed by atoms with van der Waals surface area (Å²) in [5, 5.41) is 0.931. The Kier molecular flexibility index (Phi) is 5.52. The Bertz CT molecular complexity index is 1030. The van der Waals surface area contributed by atoms with Crippen molar-refractivity contribution in [2.45, 2.75) is 0 Å². The van der Waals surface area contributed by atoms with Crippen LogP contribution in [0.25, 0.3) is 10.9 Å².